The van der Waals surface area contributed by atoms with Gasteiger partial charge in [-0.3, -0.25) is 0 Å². The molecule has 2 amide bonds. The number of carbonyl (C=O) groups is 2. The highest BCUT2D eigenvalue weighted by molar-refractivity contribution is 7.91. The molecule has 1 heterocycles. The highest BCUT2D eigenvalue weighted by Crippen LogP contribution is 2.13. The maximum absolute atomic E-state index is 11.7. The largest absolute Gasteiger partial charge is 0.478 e. The van der Waals surface area contributed by atoms with E-state index in [4.69, 9.17) is 5.11 Å². The zero-order valence-corrected chi connectivity index (χ0v) is 11.3. The fourth-order valence-corrected chi connectivity index (χ4v) is 3.66. The van der Waals surface area contributed by atoms with Gasteiger partial charge in [0.1, 0.15) is 0 Å². The second-order valence-electron chi connectivity index (χ2n) is 4.58. The van der Waals surface area contributed by atoms with E-state index in [1.165, 1.54) is 18.2 Å². The van der Waals surface area contributed by atoms with Gasteiger partial charge in [0.15, 0.2) is 9.84 Å². The predicted octanol–water partition coefficient (Wildman–Crippen LogP) is 0.693. The van der Waals surface area contributed by atoms with Gasteiger partial charge in [-0.05, 0) is 24.6 Å². The van der Waals surface area contributed by atoms with Crippen LogP contribution in [0, 0.1) is 0 Å². The summed E-state index contributed by atoms with van der Waals surface area (Å²) in [7, 11) is -3.05. The standard InChI is InChI=1S/C12H14N2O5S/c15-11(16)8-2-1-3-9(6-8)13-12(17)14-10-4-5-20(18,19)7-10/h1-3,6,10H,4-5,7H2,(H,15,16)(H2,13,14,17)/t10-/m0/s1. The number of carboxylic acids is 1. The van der Waals surface area contributed by atoms with Crippen molar-refractivity contribution in [3.05, 3.63) is 29.8 Å². The minimum Gasteiger partial charge on any atom is -0.478 e. The Balaban J connectivity index is 1.95. The van der Waals surface area contributed by atoms with Crippen molar-refractivity contribution in [2.24, 2.45) is 0 Å². The van der Waals surface area contributed by atoms with Gasteiger partial charge >= 0.3 is 12.0 Å². The number of anilines is 1. The summed E-state index contributed by atoms with van der Waals surface area (Å²) in [4.78, 5) is 22.5. The van der Waals surface area contributed by atoms with Crippen molar-refractivity contribution >= 4 is 27.5 Å². The van der Waals surface area contributed by atoms with E-state index < -0.39 is 27.9 Å². The van der Waals surface area contributed by atoms with E-state index >= 15 is 0 Å². The summed E-state index contributed by atoms with van der Waals surface area (Å²) >= 11 is 0. The Bertz CT molecular complexity index is 641. The van der Waals surface area contributed by atoms with Crippen molar-refractivity contribution in [3.63, 3.8) is 0 Å². The molecular weight excluding hydrogens is 284 g/mol. The highest BCUT2D eigenvalue weighted by Gasteiger charge is 2.28. The van der Waals surface area contributed by atoms with E-state index in [0.717, 1.165) is 0 Å². The van der Waals surface area contributed by atoms with Gasteiger partial charge in [0.2, 0.25) is 0 Å². The second-order valence-corrected chi connectivity index (χ2v) is 6.81. The van der Waals surface area contributed by atoms with Crippen LogP contribution in [0.25, 0.3) is 0 Å². The zero-order chi connectivity index (χ0) is 14.8. The van der Waals surface area contributed by atoms with Crippen molar-refractivity contribution in [2.75, 3.05) is 16.8 Å². The van der Waals surface area contributed by atoms with Crippen molar-refractivity contribution < 1.29 is 23.1 Å². The molecule has 8 heteroatoms. The van der Waals surface area contributed by atoms with E-state index in [1.54, 1.807) is 6.07 Å². The lowest BCUT2D eigenvalue weighted by Crippen LogP contribution is -2.38. The van der Waals surface area contributed by atoms with Crippen LogP contribution in [0.4, 0.5) is 10.5 Å². The number of hydrogen-bond acceptors (Lipinski definition) is 4. The molecule has 1 saturated heterocycles. The molecule has 0 spiro atoms. The van der Waals surface area contributed by atoms with Crippen LogP contribution in [0.5, 0.6) is 0 Å². The molecule has 0 saturated carbocycles. The molecule has 1 atom stereocenters. The Kier molecular flexibility index (Phi) is 3.93. The molecular formula is C12H14N2O5S. The third-order valence-electron chi connectivity index (χ3n) is 2.94. The first-order chi connectivity index (χ1) is 9.35. The van der Waals surface area contributed by atoms with Crippen LogP contribution in [0.2, 0.25) is 0 Å². The number of carbonyl (C=O) groups excluding carboxylic acids is 1. The number of nitrogens with one attached hydrogen (secondary N) is 2. The molecule has 3 N–H and O–H groups in total. The first kappa shape index (κ1) is 14.3. The first-order valence-corrected chi connectivity index (χ1v) is 7.79. The van der Waals surface area contributed by atoms with E-state index in [9.17, 15) is 18.0 Å². The monoisotopic (exact) mass is 298 g/mol. The predicted molar refractivity (Wildman–Crippen MR) is 72.6 cm³/mol. The SMILES string of the molecule is O=C(Nc1cccc(C(=O)O)c1)N[C@H]1CCS(=O)(=O)C1. The molecule has 0 radical (unpaired) electrons. The molecule has 0 unspecified atom stereocenters. The fraction of sp³-hybridized carbons (Fsp3) is 0.333. The number of hydrogen-bond donors (Lipinski definition) is 3. The molecule has 0 aliphatic carbocycles. The lowest BCUT2D eigenvalue weighted by atomic mass is 10.2. The number of urea groups is 1. The lowest BCUT2D eigenvalue weighted by molar-refractivity contribution is 0.0697. The van der Waals surface area contributed by atoms with Gasteiger partial charge < -0.3 is 15.7 Å². The summed E-state index contributed by atoms with van der Waals surface area (Å²) in [6, 6.07) is 4.86. The maximum Gasteiger partial charge on any atom is 0.335 e. The third-order valence-corrected chi connectivity index (χ3v) is 4.70. The summed E-state index contributed by atoms with van der Waals surface area (Å²) < 4.78 is 22.5. The quantitative estimate of drug-likeness (QED) is 0.760. The van der Waals surface area contributed by atoms with Gasteiger partial charge in [-0.15, -0.1) is 0 Å². The molecule has 0 aromatic heterocycles. The minimum absolute atomic E-state index is 0.0599. The molecule has 1 aromatic carbocycles. The topological polar surface area (TPSA) is 113 Å². The average Bonchev–Trinajstić information content (AvgIpc) is 2.68. The van der Waals surface area contributed by atoms with Crippen LogP contribution < -0.4 is 10.6 Å². The zero-order valence-electron chi connectivity index (χ0n) is 10.5. The number of amides is 2. The normalized spacial score (nSPS) is 20.3. The smallest absolute Gasteiger partial charge is 0.335 e. The van der Waals surface area contributed by atoms with Gasteiger partial charge in [-0.25, -0.2) is 18.0 Å². The van der Waals surface area contributed by atoms with Crippen LogP contribution in [0.3, 0.4) is 0 Å². The van der Waals surface area contributed by atoms with E-state index in [0.29, 0.717) is 12.1 Å². The third kappa shape index (κ3) is 3.70. The Morgan fingerprint density at radius 3 is 2.65 bits per heavy atom. The number of benzene rings is 1. The second kappa shape index (κ2) is 5.49. The number of carboxylic acid groups (broad SMARTS) is 1. The molecule has 1 aliphatic rings. The fourth-order valence-electron chi connectivity index (χ4n) is 1.99. The van der Waals surface area contributed by atoms with Crippen LogP contribution in [0.15, 0.2) is 24.3 Å². The van der Waals surface area contributed by atoms with Crippen LogP contribution in [-0.4, -0.2) is 43.1 Å². The molecule has 1 aliphatic heterocycles. The summed E-state index contributed by atoms with van der Waals surface area (Å²) in [5, 5.41) is 13.9. The summed E-state index contributed by atoms with van der Waals surface area (Å²) in [5.74, 6) is -1.07. The maximum atomic E-state index is 11.7. The van der Waals surface area contributed by atoms with Crippen LogP contribution in [0.1, 0.15) is 16.8 Å². The van der Waals surface area contributed by atoms with Gasteiger partial charge in [0.25, 0.3) is 0 Å². The molecule has 108 valence electrons. The van der Waals surface area contributed by atoms with Crippen molar-refractivity contribution in [3.8, 4) is 0 Å². The van der Waals surface area contributed by atoms with Crippen LogP contribution >= 0.6 is 0 Å². The Morgan fingerprint density at radius 1 is 1.30 bits per heavy atom. The van der Waals surface area contributed by atoms with E-state index in [2.05, 4.69) is 10.6 Å². The van der Waals surface area contributed by atoms with Crippen molar-refractivity contribution in [1.29, 1.82) is 0 Å². The number of rotatable bonds is 3. The average molecular weight is 298 g/mol. The minimum atomic E-state index is -3.05. The first-order valence-electron chi connectivity index (χ1n) is 5.97. The summed E-state index contributed by atoms with van der Waals surface area (Å²) in [5.41, 5.74) is 0.398. The van der Waals surface area contributed by atoms with Crippen molar-refractivity contribution in [2.45, 2.75) is 12.5 Å². The van der Waals surface area contributed by atoms with Gasteiger partial charge in [-0.1, -0.05) is 6.07 Å². The molecule has 20 heavy (non-hydrogen) atoms. The summed E-state index contributed by atoms with van der Waals surface area (Å²) in [6.45, 7) is 0. The molecule has 1 fully saturated rings. The van der Waals surface area contributed by atoms with Gasteiger partial charge in [0.05, 0.1) is 17.1 Å². The number of aromatic carboxylic acids is 1. The van der Waals surface area contributed by atoms with E-state index in [1.807, 2.05) is 0 Å². The molecule has 2 rings (SSSR count). The summed E-state index contributed by atoms with van der Waals surface area (Å²) in [6.07, 6.45) is 0.394. The Labute approximate surface area is 115 Å². The molecule has 0 bridgehead atoms. The number of sulfone groups is 1. The molecule has 7 nitrogen and oxygen atoms in total. The van der Waals surface area contributed by atoms with Gasteiger partial charge in [-0.2, -0.15) is 0 Å². The van der Waals surface area contributed by atoms with E-state index in [-0.39, 0.29) is 17.1 Å². The van der Waals surface area contributed by atoms with Gasteiger partial charge in [0, 0.05) is 11.7 Å². The molecule has 1 aromatic rings. The Morgan fingerprint density at radius 2 is 2.05 bits per heavy atom. The van der Waals surface area contributed by atoms with Crippen LogP contribution in [-0.2, 0) is 9.84 Å². The lowest BCUT2D eigenvalue weighted by Gasteiger charge is -2.12. The Hall–Kier alpha value is -2.09. The van der Waals surface area contributed by atoms with Crippen molar-refractivity contribution in [1.82, 2.24) is 5.32 Å². The highest BCUT2D eigenvalue weighted by atomic mass is 32.2.